The molecule has 0 spiro atoms. The van der Waals surface area contributed by atoms with E-state index in [1.165, 1.54) is 67.0 Å². The number of nitrogens with zero attached hydrogens (tertiary/aromatic N) is 2. The second kappa shape index (κ2) is 9.74. The van der Waals surface area contributed by atoms with Crippen LogP contribution in [0.3, 0.4) is 0 Å². The highest BCUT2D eigenvalue weighted by Gasteiger charge is 2.53. The smallest absolute Gasteiger partial charge is 0.200 e. The molecule has 3 heterocycles. The van der Waals surface area contributed by atoms with Crippen molar-refractivity contribution in [3.8, 4) is 33.6 Å². The van der Waals surface area contributed by atoms with Gasteiger partial charge in [-0.25, -0.2) is 4.57 Å². The highest BCUT2D eigenvalue weighted by Crippen LogP contribution is 2.54. The topological polar surface area (TPSA) is 7.76 Å². The van der Waals surface area contributed by atoms with Crippen LogP contribution in [0.5, 0.6) is 0 Å². The minimum absolute atomic E-state index is 0.111. The zero-order valence-corrected chi connectivity index (χ0v) is 26.2. The fraction of sp³-hybridized carbons (Fsp3) is 0.317. The molecule has 0 fully saturated rings. The van der Waals surface area contributed by atoms with Gasteiger partial charge < -0.3 is 0 Å². The molecule has 2 atom stereocenters. The normalized spacial score (nSPS) is 17.4. The summed E-state index contributed by atoms with van der Waals surface area (Å²) < 4.78 is 5.09. The summed E-state index contributed by atoms with van der Waals surface area (Å²) in [4.78, 5) is 0. The quantitative estimate of drug-likeness (QED) is 0.179. The number of hydrogen-bond acceptors (Lipinski definition) is 0. The molecule has 1 aliphatic heterocycles. The summed E-state index contributed by atoms with van der Waals surface area (Å²) >= 11 is 0. The lowest BCUT2D eigenvalue weighted by molar-refractivity contribution is -0.726. The van der Waals surface area contributed by atoms with Gasteiger partial charge in [0.2, 0.25) is 11.4 Å². The molecule has 5 aromatic rings. The van der Waals surface area contributed by atoms with Gasteiger partial charge in [-0.1, -0.05) is 75.4 Å². The second-order valence-electron chi connectivity index (χ2n) is 13.5. The molecule has 2 aliphatic carbocycles. The first-order chi connectivity index (χ1) is 20.9. The standard InChI is InChI=1S/C41H42N2/c1-6-41(7-2)35-17-11-15-29-21-30-16-12-18-43(40(30)38(29)35)36(41)20-27(4)34-24-31(28-13-9-8-10-14-28)22-32-23-33-19-26(3)25-42(5)39(33)37(32)34/h8-19,22,24-25,27,36H,6-7,20-21,23H2,1-5H3/q+2. The monoisotopic (exact) mass is 562 g/mol. The molecule has 2 unspecified atom stereocenters. The molecule has 8 rings (SSSR count). The predicted molar refractivity (Wildman–Crippen MR) is 175 cm³/mol. The van der Waals surface area contributed by atoms with E-state index in [1.54, 1.807) is 5.56 Å². The molecule has 0 saturated heterocycles. The van der Waals surface area contributed by atoms with Crippen molar-refractivity contribution < 1.29 is 9.13 Å². The van der Waals surface area contributed by atoms with Crippen LogP contribution >= 0.6 is 0 Å². The zero-order valence-electron chi connectivity index (χ0n) is 26.2. The van der Waals surface area contributed by atoms with E-state index in [0.29, 0.717) is 12.0 Å². The van der Waals surface area contributed by atoms with Crippen LogP contribution in [-0.4, -0.2) is 0 Å². The zero-order chi connectivity index (χ0) is 29.5. The summed E-state index contributed by atoms with van der Waals surface area (Å²) in [6.07, 6.45) is 10.2. The average Bonchev–Trinajstić information content (AvgIpc) is 3.59. The number of aryl methyl sites for hydroxylation is 2. The Morgan fingerprint density at radius 2 is 1.53 bits per heavy atom. The summed E-state index contributed by atoms with van der Waals surface area (Å²) in [5, 5.41) is 0. The third kappa shape index (κ3) is 3.78. The van der Waals surface area contributed by atoms with Gasteiger partial charge in [-0.2, -0.15) is 4.57 Å². The molecule has 0 N–H and O–H groups in total. The van der Waals surface area contributed by atoms with Gasteiger partial charge in [-0.3, -0.25) is 0 Å². The van der Waals surface area contributed by atoms with E-state index < -0.39 is 0 Å². The summed E-state index contributed by atoms with van der Waals surface area (Å²) in [7, 11) is 2.23. The van der Waals surface area contributed by atoms with Crippen LogP contribution in [0, 0.1) is 6.92 Å². The predicted octanol–water partition coefficient (Wildman–Crippen LogP) is 8.72. The van der Waals surface area contributed by atoms with Crippen LogP contribution in [-0.2, 0) is 25.3 Å². The van der Waals surface area contributed by atoms with Crippen molar-refractivity contribution in [3.63, 3.8) is 0 Å². The number of hydrogen-bond donors (Lipinski definition) is 0. The molecular formula is C41H42N2+2. The maximum absolute atomic E-state index is 2.70. The van der Waals surface area contributed by atoms with Crippen molar-refractivity contribution in [2.75, 3.05) is 0 Å². The molecule has 0 radical (unpaired) electrons. The van der Waals surface area contributed by atoms with E-state index in [0.717, 1.165) is 32.1 Å². The lowest BCUT2D eigenvalue weighted by Crippen LogP contribution is -2.56. The number of pyridine rings is 2. The molecule has 214 valence electrons. The maximum Gasteiger partial charge on any atom is 0.216 e. The Hall–Kier alpha value is -4.04. The Labute approximate surface area is 256 Å². The number of rotatable bonds is 6. The Kier molecular flexibility index (Phi) is 6.02. The fourth-order valence-electron chi connectivity index (χ4n) is 9.25. The number of fused-ring (bicyclic) bond motifs is 3. The Balaban J connectivity index is 1.31. The van der Waals surface area contributed by atoms with E-state index in [4.69, 9.17) is 0 Å². The third-order valence-corrected chi connectivity index (χ3v) is 11.2. The summed E-state index contributed by atoms with van der Waals surface area (Å²) in [6, 6.07) is 30.6. The Morgan fingerprint density at radius 1 is 0.767 bits per heavy atom. The number of benzene rings is 3. The average molecular weight is 563 g/mol. The molecule has 2 heteroatoms. The highest BCUT2D eigenvalue weighted by atomic mass is 15.0. The van der Waals surface area contributed by atoms with Crippen molar-refractivity contribution >= 4 is 0 Å². The van der Waals surface area contributed by atoms with Gasteiger partial charge in [-0.05, 0) is 77.3 Å². The molecule has 2 aromatic heterocycles. The van der Waals surface area contributed by atoms with Crippen molar-refractivity contribution in [1.82, 2.24) is 0 Å². The molecule has 43 heavy (non-hydrogen) atoms. The molecule has 3 aromatic carbocycles. The van der Waals surface area contributed by atoms with E-state index in [1.807, 2.05) is 0 Å². The maximum atomic E-state index is 2.70. The minimum atomic E-state index is 0.111. The largest absolute Gasteiger partial charge is 0.216 e. The molecule has 3 aliphatic rings. The van der Waals surface area contributed by atoms with Gasteiger partial charge in [0.15, 0.2) is 18.4 Å². The summed E-state index contributed by atoms with van der Waals surface area (Å²) in [5.41, 5.74) is 19.0. The van der Waals surface area contributed by atoms with Crippen molar-refractivity contribution in [2.24, 2.45) is 7.05 Å². The van der Waals surface area contributed by atoms with Crippen LogP contribution < -0.4 is 9.13 Å². The lowest BCUT2D eigenvalue weighted by atomic mass is 9.63. The van der Waals surface area contributed by atoms with Gasteiger partial charge >= 0.3 is 0 Å². The van der Waals surface area contributed by atoms with E-state index in [-0.39, 0.29) is 5.41 Å². The number of aromatic nitrogens is 2. The van der Waals surface area contributed by atoms with Gasteiger partial charge in [0.05, 0.1) is 16.5 Å². The molecule has 0 amide bonds. The first kappa shape index (κ1) is 26.6. The summed E-state index contributed by atoms with van der Waals surface area (Å²) in [6.45, 7) is 9.58. The minimum Gasteiger partial charge on any atom is -0.200 e. The molecule has 0 bridgehead atoms. The van der Waals surface area contributed by atoms with Gasteiger partial charge in [0.25, 0.3) is 0 Å². The van der Waals surface area contributed by atoms with Gasteiger partial charge in [0.1, 0.15) is 7.05 Å². The third-order valence-electron chi connectivity index (χ3n) is 11.2. The van der Waals surface area contributed by atoms with Crippen LogP contribution in [0.4, 0.5) is 0 Å². The SMILES string of the molecule is CCC1(CC)c2cccc3c2-c2c(ccc[n+]2C1CC(C)c1cc(-c2ccccc2)cc2c1-c1c(cc(C)c[n+]1C)C2)C3. The van der Waals surface area contributed by atoms with Crippen LogP contribution in [0.2, 0.25) is 0 Å². The van der Waals surface area contributed by atoms with Crippen molar-refractivity contribution in [3.05, 3.63) is 130 Å². The van der Waals surface area contributed by atoms with Crippen molar-refractivity contribution in [1.29, 1.82) is 0 Å². The first-order valence-electron chi connectivity index (χ1n) is 16.3. The molecular weight excluding hydrogens is 520 g/mol. The Bertz CT molecular complexity index is 1910. The van der Waals surface area contributed by atoms with Crippen LogP contribution in [0.25, 0.3) is 33.6 Å². The van der Waals surface area contributed by atoms with Gasteiger partial charge in [-0.15, -0.1) is 0 Å². The lowest BCUT2D eigenvalue weighted by Gasteiger charge is -2.42. The van der Waals surface area contributed by atoms with Gasteiger partial charge in [0, 0.05) is 42.0 Å². The first-order valence-corrected chi connectivity index (χ1v) is 16.3. The van der Waals surface area contributed by atoms with E-state index >= 15 is 0 Å². The van der Waals surface area contributed by atoms with E-state index in [2.05, 4.69) is 135 Å². The second-order valence-corrected chi connectivity index (χ2v) is 13.5. The van der Waals surface area contributed by atoms with E-state index in [9.17, 15) is 0 Å². The summed E-state index contributed by atoms with van der Waals surface area (Å²) in [5.74, 6) is 0.390. The molecule has 0 saturated carbocycles. The fourth-order valence-corrected chi connectivity index (χ4v) is 9.25. The van der Waals surface area contributed by atoms with Crippen LogP contribution in [0.1, 0.15) is 90.9 Å². The Morgan fingerprint density at radius 3 is 2.33 bits per heavy atom. The molecule has 2 nitrogen and oxygen atoms in total. The van der Waals surface area contributed by atoms with Crippen molar-refractivity contribution in [2.45, 2.75) is 77.2 Å². The highest BCUT2D eigenvalue weighted by molar-refractivity contribution is 5.80. The van der Waals surface area contributed by atoms with Crippen LogP contribution in [0.15, 0.2) is 91.3 Å².